The Labute approximate surface area is 154 Å². The van der Waals surface area contributed by atoms with Crippen molar-refractivity contribution in [2.45, 2.75) is 25.0 Å². The molecule has 2 atom stereocenters. The van der Waals surface area contributed by atoms with Gasteiger partial charge >= 0.3 is 5.97 Å². The van der Waals surface area contributed by atoms with Crippen molar-refractivity contribution in [3.63, 3.8) is 0 Å². The molecular formula is C19H18BrNO4. The van der Waals surface area contributed by atoms with Crippen LogP contribution in [0.1, 0.15) is 36.2 Å². The van der Waals surface area contributed by atoms with Gasteiger partial charge < -0.3 is 14.8 Å². The number of benzene rings is 2. The van der Waals surface area contributed by atoms with E-state index in [0.29, 0.717) is 12.1 Å². The average Bonchev–Trinajstić information content (AvgIpc) is 2.76. The van der Waals surface area contributed by atoms with Gasteiger partial charge in [0.2, 0.25) is 5.91 Å². The van der Waals surface area contributed by atoms with E-state index in [1.165, 1.54) is 7.11 Å². The average molecular weight is 404 g/mol. The minimum Gasteiger partial charge on any atom is -0.455 e. The standard InChI is InChI=1S/C19H18BrNO4/c1-24-18(12-5-3-2-4-6-12)19(23)25-16-9-10-17(22)21-15-8-7-13(20)11-14(15)16/h2-8,11,16,18H,9-10H2,1H3,(H,21,22)/t16?,18-/m1/s1. The second-order valence-electron chi connectivity index (χ2n) is 5.77. The highest BCUT2D eigenvalue weighted by Gasteiger charge is 2.29. The number of carbonyl (C=O) groups is 2. The minimum atomic E-state index is -0.802. The summed E-state index contributed by atoms with van der Waals surface area (Å²) in [6.07, 6.45) is -0.608. The van der Waals surface area contributed by atoms with Crippen molar-refractivity contribution in [1.29, 1.82) is 0 Å². The van der Waals surface area contributed by atoms with Gasteiger partial charge in [0, 0.05) is 29.3 Å². The SMILES string of the molecule is CO[C@@H](C(=O)OC1CCC(=O)Nc2ccc(Br)cc21)c1ccccc1. The summed E-state index contributed by atoms with van der Waals surface area (Å²) >= 11 is 3.43. The maximum absolute atomic E-state index is 12.7. The largest absolute Gasteiger partial charge is 0.455 e. The molecule has 130 valence electrons. The van der Waals surface area contributed by atoms with E-state index in [0.717, 1.165) is 15.6 Å². The molecule has 2 aromatic carbocycles. The van der Waals surface area contributed by atoms with Crippen LogP contribution in [0.15, 0.2) is 53.0 Å². The van der Waals surface area contributed by atoms with E-state index in [1.807, 2.05) is 42.5 Å². The molecule has 1 N–H and O–H groups in total. The summed E-state index contributed by atoms with van der Waals surface area (Å²) < 4.78 is 11.9. The summed E-state index contributed by atoms with van der Waals surface area (Å²) in [5.41, 5.74) is 2.17. The fourth-order valence-corrected chi connectivity index (χ4v) is 3.24. The van der Waals surface area contributed by atoms with Gasteiger partial charge in [0.05, 0.1) is 0 Å². The van der Waals surface area contributed by atoms with Gasteiger partial charge in [0.25, 0.3) is 0 Å². The van der Waals surface area contributed by atoms with E-state index in [2.05, 4.69) is 21.2 Å². The zero-order chi connectivity index (χ0) is 17.8. The zero-order valence-corrected chi connectivity index (χ0v) is 15.3. The van der Waals surface area contributed by atoms with E-state index in [9.17, 15) is 9.59 Å². The quantitative estimate of drug-likeness (QED) is 0.778. The summed E-state index contributed by atoms with van der Waals surface area (Å²) in [6, 6.07) is 14.7. The Bertz CT molecular complexity index is 778. The van der Waals surface area contributed by atoms with Crippen molar-refractivity contribution in [2.75, 3.05) is 12.4 Å². The molecule has 0 aliphatic carbocycles. The van der Waals surface area contributed by atoms with Gasteiger partial charge in [-0.25, -0.2) is 4.79 Å². The molecule has 0 spiro atoms. The summed E-state index contributed by atoms with van der Waals surface area (Å²) in [5.74, 6) is -0.563. The molecule has 0 fully saturated rings. The van der Waals surface area contributed by atoms with Crippen molar-refractivity contribution in [2.24, 2.45) is 0 Å². The molecule has 1 aliphatic heterocycles. The van der Waals surface area contributed by atoms with Gasteiger partial charge in [-0.05, 0) is 30.2 Å². The molecule has 0 radical (unpaired) electrons. The molecule has 0 saturated carbocycles. The van der Waals surface area contributed by atoms with Crippen molar-refractivity contribution in [3.05, 3.63) is 64.1 Å². The fraction of sp³-hybridized carbons (Fsp3) is 0.263. The number of ether oxygens (including phenoxy) is 2. The van der Waals surface area contributed by atoms with Gasteiger partial charge in [-0.15, -0.1) is 0 Å². The number of rotatable bonds is 4. The second-order valence-corrected chi connectivity index (χ2v) is 6.69. The number of hydrogen-bond donors (Lipinski definition) is 1. The molecule has 1 heterocycles. The molecule has 2 aromatic rings. The maximum Gasteiger partial charge on any atom is 0.340 e. The van der Waals surface area contributed by atoms with Crippen LogP contribution in [0, 0.1) is 0 Å². The second kappa shape index (κ2) is 7.80. The van der Waals surface area contributed by atoms with Gasteiger partial charge in [-0.2, -0.15) is 0 Å². The van der Waals surface area contributed by atoms with E-state index >= 15 is 0 Å². The van der Waals surface area contributed by atoms with Crippen LogP contribution in [0.25, 0.3) is 0 Å². The molecule has 25 heavy (non-hydrogen) atoms. The lowest BCUT2D eigenvalue weighted by Crippen LogP contribution is -2.20. The van der Waals surface area contributed by atoms with E-state index in [1.54, 1.807) is 6.07 Å². The maximum atomic E-state index is 12.7. The number of methoxy groups -OCH3 is 1. The molecule has 3 rings (SSSR count). The minimum absolute atomic E-state index is 0.0894. The van der Waals surface area contributed by atoms with Crippen LogP contribution in [0.3, 0.4) is 0 Å². The first kappa shape index (κ1) is 17.6. The van der Waals surface area contributed by atoms with Crippen LogP contribution in [-0.2, 0) is 19.1 Å². The van der Waals surface area contributed by atoms with Gasteiger partial charge in [-0.1, -0.05) is 46.3 Å². The lowest BCUT2D eigenvalue weighted by molar-refractivity contribution is -0.162. The smallest absolute Gasteiger partial charge is 0.340 e. The van der Waals surface area contributed by atoms with E-state index < -0.39 is 18.2 Å². The van der Waals surface area contributed by atoms with Crippen LogP contribution in [0.4, 0.5) is 5.69 Å². The van der Waals surface area contributed by atoms with Crippen molar-refractivity contribution < 1.29 is 19.1 Å². The van der Waals surface area contributed by atoms with Crippen molar-refractivity contribution in [1.82, 2.24) is 0 Å². The first-order valence-corrected chi connectivity index (χ1v) is 8.75. The third kappa shape index (κ3) is 4.08. The Morgan fingerprint density at radius 3 is 2.72 bits per heavy atom. The van der Waals surface area contributed by atoms with E-state index in [-0.39, 0.29) is 12.3 Å². The number of fused-ring (bicyclic) bond motifs is 1. The number of carbonyl (C=O) groups excluding carboxylic acids is 2. The Balaban J connectivity index is 1.85. The lowest BCUT2D eigenvalue weighted by Gasteiger charge is -2.21. The highest BCUT2D eigenvalue weighted by molar-refractivity contribution is 9.10. The molecule has 1 amide bonds. The molecule has 1 aliphatic rings. The molecular weight excluding hydrogens is 386 g/mol. The van der Waals surface area contributed by atoms with E-state index in [4.69, 9.17) is 9.47 Å². The number of nitrogens with one attached hydrogen (secondary N) is 1. The number of hydrogen-bond acceptors (Lipinski definition) is 4. The highest BCUT2D eigenvalue weighted by Crippen LogP contribution is 2.35. The summed E-state index contributed by atoms with van der Waals surface area (Å²) in [5, 5.41) is 2.85. The Kier molecular flexibility index (Phi) is 5.50. The van der Waals surface area contributed by atoms with Crippen LogP contribution in [-0.4, -0.2) is 19.0 Å². The van der Waals surface area contributed by atoms with Gasteiger partial charge in [0.1, 0.15) is 6.10 Å². The summed E-state index contributed by atoms with van der Waals surface area (Å²) in [7, 11) is 1.47. The first-order valence-electron chi connectivity index (χ1n) is 7.96. The molecule has 0 bridgehead atoms. The number of halogens is 1. The topological polar surface area (TPSA) is 64.6 Å². The summed E-state index contributed by atoms with van der Waals surface area (Å²) in [4.78, 5) is 24.6. The molecule has 1 unspecified atom stereocenters. The van der Waals surface area contributed by atoms with Crippen LogP contribution < -0.4 is 5.32 Å². The molecule has 0 aromatic heterocycles. The molecule has 6 heteroatoms. The summed E-state index contributed by atoms with van der Waals surface area (Å²) in [6.45, 7) is 0. The number of esters is 1. The third-order valence-electron chi connectivity index (χ3n) is 4.08. The van der Waals surface area contributed by atoms with Crippen LogP contribution >= 0.6 is 15.9 Å². The van der Waals surface area contributed by atoms with Gasteiger partial charge in [-0.3, -0.25) is 4.79 Å². The first-order chi connectivity index (χ1) is 12.1. The molecule has 5 nitrogen and oxygen atoms in total. The van der Waals surface area contributed by atoms with Crippen LogP contribution in [0.2, 0.25) is 0 Å². The third-order valence-corrected chi connectivity index (χ3v) is 4.57. The Hall–Kier alpha value is -2.18. The monoisotopic (exact) mass is 403 g/mol. The Morgan fingerprint density at radius 1 is 1.24 bits per heavy atom. The lowest BCUT2D eigenvalue weighted by atomic mass is 10.0. The predicted octanol–water partition coefficient (Wildman–Crippen LogP) is 4.15. The van der Waals surface area contributed by atoms with Crippen LogP contribution in [0.5, 0.6) is 0 Å². The van der Waals surface area contributed by atoms with Crippen molar-refractivity contribution >= 4 is 33.5 Å². The molecule has 0 saturated heterocycles. The zero-order valence-electron chi connectivity index (χ0n) is 13.7. The van der Waals surface area contributed by atoms with Gasteiger partial charge in [0.15, 0.2) is 6.10 Å². The number of amides is 1. The predicted molar refractivity (Wildman–Crippen MR) is 97.0 cm³/mol. The normalized spacial score (nSPS) is 17.8. The number of anilines is 1. The highest BCUT2D eigenvalue weighted by atomic mass is 79.9. The van der Waals surface area contributed by atoms with Crippen molar-refractivity contribution in [3.8, 4) is 0 Å². The Morgan fingerprint density at radius 2 is 2.00 bits per heavy atom. The fourth-order valence-electron chi connectivity index (χ4n) is 2.86.